The molecule has 96 valence electrons. The van der Waals surface area contributed by atoms with E-state index >= 15 is 0 Å². The third kappa shape index (κ3) is 2.30. The van der Waals surface area contributed by atoms with Crippen LogP contribution in [0.2, 0.25) is 5.02 Å². The van der Waals surface area contributed by atoms with Crippen LogP contribution in [0.4, 0.5) is 5.82 Å². The average Bonchev–Trinajstić information content (AvgIpc) is 2.28. The van der Waals surface area contributed by atoms with Gasteiger partial charge in [0.1, 0.15) is 5.82 Å². The first kappa shape index (κ1) is 13.2. The third-order valence-corrected chi connectivity index (χ3v) is 3.55. The predicted molar refractivity (Wildman–Crippen MR) is 79.7 cm³/mol. The lowest BCUT2D eigenvalue weighted by atomic mass is 9.86. The molecule has 18 heavy (non-hydrogen) atoms. The molecule has 0 saturated heterocycles. The zero-order valence-corrected chi connectivity index (χ0v) is 12.3. The summed E-state index contributed by atoms with van der Waals surface area (Å²) in [7, 11) is 1.90. The molecule has 1 aromatic heterocycles. The monoisotopic (exact) mass is 262 g/mol. The molecule has 3 heteroatoms. The van der Waals surface area contributed by atoms with Crippen LogP contribution in [0.3, 0.4) is 0 Å². The standard InChI is InChI=1S/C15H19ClN2/c1-9-6-10-7-11(15(2,3)4)14(17-5)18-13(10)8-12(9)16/h6-8H,1-5H3,(H,17,18). The molecule has 0 amide bonds. The Balaban J connectivity index is 2.77. The number of halogens is 1. The fraction of sp³-hybridized carbons (Fsp3) is 0.400. The highest BCUT2D eigenvalue weighted by molar-refractivity contribution is 6.32. The summed E-state index contributed by atoms with van der Waals surface area (Å²) in [5.74, 6) is 0.926. The molecule has 0 aliphatic carbocycles. The highest BCUT2D eigenvalue weighted by Crippen LogP contribution is 2.32. The largest absolute Gasteiger partial charge is 0.373 e. The highest BCUT2D eigenvalue weighted by Gasteiger charge is 2.19. The molecule has 0 radical (unpaired) electrons. The van der Waals surface area contributed by atoms with Gasteiger partial charge in [-0.2, -0.15) is 0 Å². The fourth-order valence-electron chi connectivity index (χ4n) is 2.07. The SMILES string of the molecule is CNc1nc2cc(Cl)c(C)cc2cc1C(C)(C)C. The second kappa shape index (κ2) is 4.43. The van der Waals surface area contributed by atoms with Crippen molar-refractivity contribution in [1.82, 2.24) is 4.98 Å². The molecule has 1 aromatic carbocycles. The van der Waals surface area contributed by atoms with Gasteiger partial charge in [0.05, 0.1) is 5.52 Å². The second-order valence-corrected chi connectivity index (χ2v) is 6.09. The molecular formula is C15H19ClN2. The van der Waals surface area contributed by atoms with Crippen molar-refractivity contribution in [2.24, 2.45) is 0 Å². The number of hydrogen-bond acceptors (Lipinski definition) is 2. The van der Waals surface area contributed by atoms with Crippen molar-refractivity contribution in [3.63, 3.8) is 0 Å². The van der Waals surface area contributed by atoms with Crippen LogP contribution < -0.4 is 5.32 Å². The molecule has 2 nitrogen and oxygen atoms in total. The number of nitrogens with zero attached hydrogens (tertiary/aromatic N) is 1. The van der Waals surface area contributed by atoms with E-state index in [9.17, 15) is 0 Å². The molecular weight excluding hydrogens is 244 g/mol. The van der Waals surface area contributed by atoms with Gasteiger partial charge in [-0.15, -0.1) is 0 Å². The number of anilines is 1. The van der Waals surface area contributed by atoms with Crippen molar-refractivity contribution in [3.8, 4) is 0 Å². The van der Waals surface area contributed by atoms with E-state index in [0.29, 0.717) is 0 Å². The summed E-state index contributed by atoms with van der Waals surface area (Å²) in [4.78, 5) is 4.67. The highest BCUT2D eigenvalue weighted by atomic mass is 35.5. The molecule has 0 bridgehead atoms. The number of benzene rings is 1. The summed E-state index contributed by atoms with van der Waals surface area (Å²) in [5.41, 5.74) is 3.30. The summed E-state index contributed by atoms with van der Waals surface area (Å²) in [6, 6.07) is 6.23. The van der Waals surface area contributed by atoms with Gasteiger partial charge in [-0.3, -0.25) is 0 Å². The van der Waals surface area contributed by atoms with E-state index in [4.69, 9.17) is 11.6 Å². The lowest BCUT2D eigenvalue weighted by Crippen LogP contribution is -2.15. The number of aromatic nitrogens is 1. The Morgan fingerprint density at radius 1 is 1.17 bits per heavy atom. The third-order valence-electron chi connectivity index (χ3n) is 3.14. The molecule has 2 rings (SSSR count). The Hall–Kier alpha value is -1.28. The van der Waals surface area contributed by atoms with Gasteiger partial charge in [0.15, 0.2) is 0 Å². The summed E-state index contributed by atoms with van der Waals surface area (Å²) in [6.45, 7) is 8.60. The Labute approximate surface area is 113 Å². The topological polar surface area (TPSA) is 24.9 Å². The molecule has 1 N–H and O–H groups in total. The lowest BCUT2D eigenvalue weighted by molar-refractivity contribution is 0.591. The Morgan fingerprint density at radius 2 is 1.83 bits per heavy atom. The zero-order valence-electron chi connectivity index (χ0n) is 11.6. The van der Waals surface area contributed by atoms with Gasteiger partial charge in [-0.25, -0.2) is 4.98 Å². The van der Waals surface area contributed by atoms with Crippen molar-refractivity contribution >= 4 is 28.3 Å². The predicted octanol–water partition coefficient (Wildman–Crippen LogP) is 4.54. The van der Waals surface area contributed by atoms with Crippen LogP contribution in [-0.4, -0.2) is 12.0 Å². The molecule has 0 fully saturated rings. The number of pyridine rings is 1. The molecule has 0 saturated carbocycles. The number of hydrogen-bond donors (Lipinski definition) is 1. The molecule has 2 aromatic rings. The number of nitrogens with one attached hydrogen (secondary N) is 1. The van der Waals surface area contributed by atoms with E-state index in [-0.39, 0.29) is 5.41 Å². The van der Waals surface area contributed by atoms with Gasteiger partial charge in [-0.1, -0.05) is 32.4 Å². The lowest BCUT2D eigenvalue weighted by Gasteiger charge is -2.22. The first-order valence-electron chi connectivity index (χ1n) is 6.12. The molecule has 0 aliphatic heterocycles. The minimum atomic E-state index is 0.0626. The summed E-state index contributed by atoms with van der Waals surface area (Å²) in [5, 5.41) is 5.08. The zero-order chi connectivity index (χ0) is 13.5. The summed E-state index contributed by atoms with van der Waals surface area (Å²) in [6.07, 6.45) is 0. The molecule has 0 unspecified atom stereocenters. The molecule has 1 heterocycles. The first-order valence-corrected chi connectivity index (χ1v) is 6.50. The van der Waals surface area contributed by atoms with Gasteiger partial charge < -0.3 is 5.32 Å². The van der Waals surface area contributed by atoms with Crippen molar-refractivity contribution in [2.75, 3.05) is 12.4 Å². The molecule has 0 aliphatic rings. The maximum atomic E-state index is 6.15. The normalized spacial score (nSPS) is 11.9. The van der Waals surface area contributed by atoms with E-state index < -0.39 is 0 Å². The van der Waals surface area contributed by atoms with Crippen LogP contribution in [0.5, 0.6) is 0 Å². The Kier molecular flexibility index (Phi) is 3.24. The maximum absolute atomic E-state index is 6.15. The van der Waals surface area contributed by atoms with Crippen LogP contribution in [0.25, 0.3) is 10.9 Å². The first-order chi connectivity index (χ1) is 8.32. The molecule has 0 spiro atoms. The van der Waals surface area contributed by atoms with Crippen molar-refractivity contribution < 1.29 is 0 Å². The van der Waals surface area contributed by atoms with Gasteiger partial charge in [0.2, 0.25) is 0 Å². The summed E-state index contributed by atoms with van der Waals surface area (Å²) < 4.78 is 0. The number of rotatable bonds is 1. The van der Waals surface area contributed by atoms with E-state index in [1.807, 2.05) is 20.0 Å². The van der Waals surface area contributed by atoms with Crippen LogP contribution in [0.1, 0.15) is 31.9 Å². The fourth-order valence-corrected chi connectivity index (χ4v) is 2.23. The Bertz CT molecular complexity index is 597. The maximum Gasteiger partial charge on any atom is 0.130 e. The van der Waals surface area contributed by atoms with Crippen LogP contribution in [0.15, 0.2) is 18.2 Å². The van der Waals surface area contributed by atoms with Crippen molar-refractivity contribution in [1.29, 1.82) is 0 Å². The minimum Gasteiger partial charge on any atom is -0.373 e. The van der Waals surface area contributed by atoms with E-state index in [1.165, 1.54) is 5.56 Å². The van der Waals surface area contributed by atoms with Gasteiger partial charge in [-0.05, 0) is 36.1 Å². The van der Waals surface area contributed by atoms with Crippen LogP contribution in [0, 0.1) is 6.92 Å². The van der Waals surface area contributed by atoms with Crippen LogP contribution in [-0.2, 0) is 5.41 Å². The van der Waals surface area contributed by atoms with Gasteiger partial charge >= 0.3 is 0 Å². The van der Waals surface area contributed by atoms with Crippen molar-refractivity contribution in [3.05, 3.63) is 34.3 Å². The second-order valence-electron chi connectivity index (χ2n) is 5.68. The summed E-state index contributed by atoms with van der Waals surface area (Å²) >= 11 is 6.15. The van der Waals surface area contributed by atoms with E-state index in [2.05, 4.69) is 43.2 Å². The average molecular weight is 263 g/mol. The molecule has 0 atom stereocenters. The van der Waals surface area contributed by atoms with Gasteiger partial charge in [0.25, 0.3) is 0 Å². The minimum absolute atomic E-state index is 0.0626. The van der Waals surface area contributed by atoms with Crippen LogP contribution >= 0.6 is 11.6 Å². The number of fused-ring (bicyclic) bond motifs is 1. The van der Waals surface area contributed by atoms with Crippen molar-refractivity contribution in [2.45, 2.75) is 33.1 Å². The van der Waals surface area contributed by atoms with Gasteiger partial charge in [0, 0.05) is 23.0 Å². The van der Waals surface area contributed by atoms with E-state index in [1.54, 1.807) is 0 Å². The smallest absolute Gasteiger partial charge is 0.130 e. The number of aryl methyl sites for hydroxylation is 1. The van der Waals surface area contributed by atoms with E-state index in [0.717, 1.165) is 27.3 Å². The quantitative estimate of drug-likeness (QED) is 0.816. The Morgan fingerprint density at radius 3 is 2.39 bits per heavy atom.